The molecular formula is C24H19ClF3N3O3. The molecule has 3 aromatic rings. The van der Waals surface area contributed by atoms with Crippen LogP contribution in [-0.2, 0) is 12.6 Å². The molecule has 0 aliphatic heterocycles. The Bertz CT molecular complexity index is 1300. The summed E-state index contributed by atoms with van der Waals surface area (Å²) in [6.07, 6.45) is -2.89. The lowest BCUT2D eigenvalue weighted by Gasteiger charge is -2.13. The van der Waals surface area contributed by atoms with Crippen molar-refractivity contribution in [2.24, 2.45) is 5.10 Å². The molecule has 6 nitrogen and oxygen atoms in total. The van der Waals surface area contributed by atoms with Gasteiger partial charge >= 0.3 is 6.18 Å². The molecular weight excluding hydrogens is 471 g/mol. The predicted molar refractivity (Wildman–Crippen MR) is 121 cm³/mol. The van der Waals surface area contributed by atoms with Crippen molar-refractivity contribution in [2.45, 2.75) is 32.4 Å². The minimum atomic E-state index is -4.62. The summed E-state index contributed by atoms with van der Waals surface area (Å²) in [5, 5.41) is 6.94. The number of furan rings is 1. The summed E-state index contributed by atoms with van der Waals surface area (Å²) in [5.74, 6) is -0.859. The molecule has 1 heterocycles. The fraction of sp³-hybridized carbons (Fsp3) is 0.208. The number of carbonyl (C=O) groups excluding carboxylic acids is 2. The van der Waals surface area contributed by atoms with Gasteiger partial charge < -0.3 is 9.73 Å². The average molecular weight is 490 g/mol. The topological polar surface area (TPSA) is 83.7 Å². The summed E-state index contributed by atoms with van der Waals surface area (Å²) in [4.78, 5) is 25.2. The standard InChI is InChI=1S/C24H19ClF3N3O3/c1-13-20-18(30-31-22(32)14-6-4-7-15(25)12-14)10-5-11-19(20)34-21(13)23(33)29-17-9-3-2-8-16(17)24(26,27)28/h2-4,6-9,12H,5,10-11H2,1H3,(H,29,33)(H,31,32)/b30-18+. The monoisotopic (exact) mass is 489 g/mol. The highest BCUT2D eigenvalue weighted by atomic mass is 35.5. The molecule has 34 heavy (non-hydrogen) atoms. The third kappa shape index (κ3) is 4.84. The van der Waals surface area contributed by atoms with E-state index in [9.17, 15) is 22.8 Å². The molecule has 0 radical (unpaired) electrons. The Labute approximate surface area is 197 Å². The molecule has 0 saturated heterocycles. The van der Waals surface area contributed by atoms with Gasteiger partial charge in [0.1, 0.15) is 5.76 Å². The first-order chi connectivity index (χ1) is 16.1. The third-order valence-corrected chi connectivity index (χ3v) is 5.63. The number of amides is 2. The van der Waals surface area contributed by atoms with Crippen LogP contribution in [0.1, 0.15) is 56.2 Å². The molecule has 2 aromatic carbocycles. The van der Waals surface area contributed by atoms with Crippen molar-refractivity contribution in [2.75, 3.05) is 5.32 Å². The van der Waals surface area contributed by atoms with E-state index in [1.165, 1.54) is 24.3 Å². The van der Waals surface area contributed by atoms with Gasteiger partial charge in [0.15, 0.2) is 5.76 Å². The summed E-state index contributed by atoms with van der Waals surface area (Å²) in [6.45, 7) is 1.63. The van der Waals surface area contributed by atoms with Crippen LogP contribution in [0.15, 0.2) is 58.0 Å². The number of para-hydroxylation sites is 1. The van der Waals surface area contributed by atoms with Crippen LogP contribution in [0.25, 0.3) is 0 Å². The zero-order chi connectivity index (χ0) is 24.5. The van der Waals surface area contributed by atoms with Crippen LogP contribution >= 0.6 is 11.6 Å². The van der Waals surface area contributed by atoms with Gasteiger partial charge in [0.05, 0.1) is 17.0 Å². The van der Waals surface area contributed by atoms with Crippen LogP contribution in [0, 0.1) is 6.92 Å². The van der Waals surface area contributed by atoms with E-state index in [1.807, 2.05) is 0 Å². The Morgan fingerprint density at radius 3 is 2.56 bits per heavy atom. The zero-order valence-electron chi connectivity index (χ0n) is 17.9. The summed E-state index contributed by atoms with van der Waals surface area (Å²) < 4.78 is 45.6. The van der Waals surface area contributed by atoms with Gasteiger partial charge in [-0.3, -0.25) is 9.59 Å². The lowest BCUT2D eigenvalue weighted by molar-refractivity contribution is -0.136. The number of fused-ring (bicyclic) bond motifs is 1. The molecule has 0 bridgehead atoms. The van der Waals surface area contributed by atoms with Crippen molar-refractivity contribution in [3.8, 4) is 0 Å². The second-order valence-corrected chi connectivity index (χ2v) is 8.15. The van der Waals surface area contributed by atoms with Crippen molar-refractivity contribution in [1.29, 1.82) is 0 Å². The van der Waals surface area contributed by atoms with E-state index in [1.54, 1.807) is 25.1 Å². The van der Waals surface area contributed by atoms with E-state index in [2.05, 4.69) is 15.8 Å². The van der Waals surface area contributed by atoms with Crippen LogP contribution in [0.2, 0.25) is 5.02 Å². The molecule has 0 atom stereocenters. The van der Waals surface area contributed by atoms with Gasteiger partial charge in [-0.1, -0.05) is 29.8 Å². The van der Waals surface area contributed by atoms with Gasteiger partial charge in [-0.05, 0) is 50.1 Å². The van der Waals surface area contributed by atoms with E-state index in [0.29, 0.717) is 52.4 Å². The molecule has 0 unspecified atom stereocenters. The number of nitrogens with zero attached hydrogens (tertiary/aromatic N) is 1. The zero-order valence-corrected chi connectivity index (χ0v) is 18.7. The SMILES string of the molecule is Cc1c(C(=O)Nc2ccccc2C(F)(F)F)oc2c1/C(=N/NC(=O)c1cccc(Cl)c1)CCC2. The van der Waals surface area contributed by atoms with Gasteiger partial charge in [-0.25, -0.2) is 5.43 Å². The molecule has 2 amide bonds. The first-order valence-electron chi connectivity index (χ1n) is 10.4. The Morgan fingerprint density at radius 2 is 1.82 bits per heavy atom. The third-order valence-electron chi connectivity index (χ3n) is 5.39. The molecule has 0 spiro atoms. The highest BCUT2D eigenvalue weighted by Gasteiger charge is 2.34. The average Bonchev–Trinajstić information content (AvgIpc) is 3.14. The predicted octanol–water partition coefficient (Wildman–Crippen LogP) is 5.98. The van der Waals surface area contributed by atoms with Crippen molar-refractivity contribution in [3.05, 3.63) is 87.3 Å². The van der Waals surface area contributed by atoms with Gasteiger partial charge in [0.2, 0.25) is 0 Å². The lowest BCUT2D eigenvalue weighted by atomic mass is 9.93. The maximum atomic E-state index is 13.3. The Morgan fingerprint density at radius 1 is 1.06 bits per heavy atom. The number of hydrogen-bond acceptors (Lipinski definition) is 4. The first kappa shape index (κ1) is 23.6. The second kappa shape index (κ2) is 9.34. The van der Waals surface area contributed by atoms with Gasteiger partial charge in [-0.2, -0.15) is 18.3 Å². The van der Waals surface area contributed by atoms with Crippen molar-refractivity contribution < 1.29 is 27.2 Å². The molecule has 2 N–H and O–H groups in total. The Kier molecular flexibility index (Phi) is 6.47. The van der Waals surface area contributed by atoms with Crippen LogP contribution in [0.4, 0.5) is 18.9 Å². The van der Waals surface area contributed by atoms with Gasteiger partial charge in [0.25, 0.3) is 11.8 Å². The maximum Gasteiger partial charge on any atom is 0.418 e. The van der Waals surface area contributed by atoms with E-state index in [4.69, 9.17) is 16.0 Å². The smallest absolute Gasteiger partial charge is 0.418 e. The highest BCUT2D eigenvalue weighted by Crippen LogP contribution is 2.35. The summed E-state index contributed by atoms with van der Waals surface area (Å²) in [7, 11) is 0. The number of alkyl halides is 3. The van der Waals surface area contributed by atoms with Crippen molar-refractivity contribution >= 4 is 34.8 Å². The largest absolute Gasteiger partial charge is 0.455 e. The molecule has 1 aliphatic rings. The maximum absolute atomic E-state index is 13.3. The van der Waals surface area contributed by atoms with Crippen LogP contribution in [0.5, 0.6) is 0 Å². The quantitative estimate of drug-likeness (QED) is 0.442. The number of halogens is 4. The number of nitrogens with one attached hydrogen (secondary N) is 2. The van der Waals surface area contributed by atoms with Gasteiger partial charge in [-0.15, -0.1) is 0 Å². The van der Waals surface area contributed by atoms with Crippen molar-refractivity contribution in [1.82, 2.24) is 5.43 Å². The van der Waals surface area contributed by atoms with Gasteiger partial charge in [0, 0.05) is 28.1 Å². The summed E-state index contributed by atoms with van der Waals surface area (Å²) >= 11 is 5.92. The number of hydrogen-bond donors (Lipinski definition) is 2. The van der Waals surface area contributed by atoms with Crippen LogP contribution in [-0.4, -0.2) is 17.5 Å². The molecule has 176 valence electrons. The molecule has 4 rings (SSSR count). The Hall–Kier alpha value is -3.59. The molecule has 0 fully saturated rings. The van der Waals surface area contributed by atoms with E-state index < -0.39 is 23.6 Å². The van der Waals surface area contributed by atoms with E-state index >= 15 is 0 Å². The second-order valence-electron chi connectivity index (χ2n) is 7.72. The summed E-state index contributed by atoms with van der Waals surface area (Å²) in [6, 6.07) is 11.1. The number of rotatable bonds is 4. The van der Waals surface area contributed by atoms with Crippen LogP contribution in [0.3, 0.4) is 0 Å². The number of anilines is 1. The normalized spacial score (nSPS) is 14.6. The van der Waals surface area contributed by atoms with Crippen molar-refractivity contribution in [3.63, 3.8) is 0 Å². The fourth-order valence-corrected chi connectivity index (χ4v) is 4.02. The number of aryl methyl sites for hydroxylation is 1. The minimum Gasteiger partial charge on any atom is -0.455 e. The number of hydrazone groups is 1. The Balaban J connectivity index is 1.59. The lowest BCUT2D eigenvalue weighted by Crippen LogP contribution is -2.22. The molecule has 10 heteroatoms. The number of benzene rings is 2. The fourth-order valence-electron chi connectivity index (χ4n) is 3.83. The molecule has 1 aliphatic carbocycles. The minimum absolute atomic E-state index is 0.0993. The van der Waals surface area contributed by atoms with E-state index in [-0.39, 0.29) is 11.4 Å². The van der Waals surface area contributed by atoms with E-state index in [0.717, 1.165) is 6.07 Å². The highest BCUT2D eigenvalue weighted by molar-refractivity contribution is 6.31. The molecule has 1 aromatic heterocycles. The first-order valence-corrected chi connectivity index (χ1v) is 10.8. The van der Waals surface area contributed by atoms with Crippen LogP contribution < -0.4 is 10.7 Å². The summed E-state index contributed by atoms with van der Waals surface area (Å²) in [5.41, 5.74) is 3.04. The molecule has 0 saturated carbocycles. The number of carbonyl (C=O) groups is 2.